The van der Waals surface area contributed by atoms with Crippen molar-refractivity contribution in [2.45, 2.75) is 45.4 Å². The smallest absolute Gasteiger partial charge is 0.261 e. The van der Waals surface area contributed by atoms with Gasteiger partial charge in [0.15, 0.2) is 5.82 Å². The molecule has 2 heterocycles. The minimum Gasteiger partial charge on any atom is -0.356 e. The molecule has 0 saturated carbocycles. The van der Waals surface area contributed by atoms with Crippen LogP contribution in [0.3, 0.4) is 0 Å². The fraction of sp³-hybridized carbons (Fsp3) is 0.450. The molecule has 1 N–H and O–H groups in total. The van der Waals surface area contributed by atoms with Gasteiger partial charge in [-0.3, -0.25) is 19.3 Å². The fourth-order valence-corrected chi connectivity index (χ4v) is 2.90. The number of rotatable bonds is 7. The standard InChI is InChI=1S/C20H24N4O4/c1-20(2,3)19-22-15(23-28-19)10-11-21-16(25)9-6-12-24-17(26)13-7-4-5-8-14(13)18(24)27/h4-5,7-8H,6,9-12H2,1-3H3,(H,21,25). The summed E-state index contributed by atoms with van der Waals surface area (Å²) in [4.78, 5) is 42.0. The lowest BCUT2D eigenvalue weighted by Gasteiger charge is -2.13. The van der Waals surface area contributed by atoms with Gasteiger partial charge in [0.05, 0.1) is 11.1 Å². The number of carbonyl (C=O) groups is 3. The molecule has 0 spiro atoms. The van der Waals surface area contributed by atoms with Gasteiger partial charge in [-0.1, -0.05) is 38.1 Å². The van der Waals surface area contributed by atoms with Crippen LogP contribution in [0.4, 0.5) is 0 Å². The maximum absolute atomic E-state index is 12.3. The zero-order chi connectivity index (χ0) is 20.3. The minimum absolute atomic E-state index is 0.142. The predicted octanol–water partition coefficient (Wildman–Crippen LogP) is 2.10. The molecule has 0 fully saturated rings. The molecule has 0 saturated heterocycles. The molecular formula is C20H24N4O4. The van der Waals surface area contributed by atoms with Gasteiger partial charge in [0.1, 0.15) is 0 Å². The second-order valence-electron chi connectivity index (χ2n) is 7.78. The van der Waals surface area contributed by atoms with Crippen LogP contribution < -0.4 is 5.32 Å². The maximum atomic E-state index is 12.3. The SMILES string of the molecule is CC(C)(C)c1nc(CCNC(=O)CCCN2C(=O)c3ccccc3C2=O)no1. The molecule has 0 unspecified atom stereocenters. The molecule has 1 aromatic carbocycles. The molecule has 0 radical (unpaired) electrons. The number of amides is 3. The van der Waals surface area contributed by atoms with E-state index in [1.807, 2.05) is 20.8 Å². The lowest BCUT2D eigenvalue weighted by Crippen LogP contribution is -2.32. The summed E-state index contributed by atoms with van der Waals surface area (Å²) >= 11 is 0. The molecule has 28 heavy (non-hydrogen) atoms. The zero-order valence-electron chi connectivity index (χ0n) is 16.3. The van der Waals surface area contributed by atoms with E-state index in [1.54, 1.807) is 24.3 Å². The van der Waals surface area contributed by atoms with Gasteiger partial charge in [0.25, 0.3) is 11.8 Å². The Kier molecular flexibility index (Phi) is 5.58. The summed E-state index contributed by atoms with van der Waals surface area (Å²) in [6.45, 7) is 6.58. The average molecular weight is 384 g/mol. The Morgan fingerprint density at radius 1 is 1.14 bits per heavy atom. The van der Waals surface area contributed by atoms with Crippen LogP contribution in [-0.2, 0) is 16.6 Å². The van der Waals surface area contributed by atoms with Crippen molar-refractivity contribution in [3.63, 3.8) is 0 Å². The molecule has 148 valence electrons. The lowest BCUT2D eigenvalue weighted by atomic mass is 9.97. The van der Waals surface area contributed by atoms with Crippen LogP contribution in [0.25, 0.3) is 0 Å². The summed E-state index contributed by atoms with van der Waals surface area (Å²) in [6.07, 6.45) is 1.12. The number of imide groups is 1. The first-order chi connectivity index (χ1) is 13.3. The summed E-state index contributed by atoms with van der Waals surface area (Å²) in [6, 6.07) is 6.75. The lowest BCUT2D eigenvalue weighted by molar-refractivity contribution is -0.121. The van der Waals surface area contributed by atoms with Crippen LogP contribution in [0.15, 0.2) is 28.8 Å². The van der Waals surface area contributed by atoms with Gasteiger partial charge >= 0.3 is 0 Å². The number of nitrogens with one attached hydrogen (secondary N) is 1. The highest BCUT2D eigenvalue weighted by Crippen LogP contribution is 2.22. The number of aromatic nitrogens is 2. The van der Waals surface area contributed by atoms with Crippen LogP contribution in [-0.4, -0.2) is 45.9 Å². The number of hydrogen-bond donors (Lipinski definition) is 1. The van der Waals surface area contributed by atoms with E-state index in [4.69, 9.17) is 4.52 Å². The molecule has 0 aliphatic carbocycles. The van der Waals surface area contributed by atoms with Crippen molar-refractivity contribution in [2.75, 3.05) is 13.1 Å². The molecule has 1 aliphatic rings. The van der Waals surface area contributed by atoms with E-state index in [0.29, 0.717) is 42.2 Å². The molecule has 1 aromatic heterocycles. The van der Waals surface area contributed by atoms with Gasteiger partial charge in [-0.25, -0.2) is 0 Å². The second kappa shape index (κ2) is 7.92. The Hall–Kier alpha value is -3.03. The highest BCUT2D eigenvalue weighted by atomic mass is 16.5. The molecule has 3 amide bonds. The fourth-order valence-electron chi connectivity index (χ4n) is 2.90. The molecular weight excluding hydrogens is 360 g/mol. The number of hydrogen-bond acceptors (Lipinski definition) is 6. The Labute approximate surface area is 163 Å². The van der Waals surface area contributed by atoms with Crippen molar-refractivity contribution in [1.29, 1.82) is 0 Å². The highest BCUT2D eigenvalue weighted by molar-refractivity contribution is 6.21. The number of carbonyl (C=O) groups excluding carboxylic acids is 3. The van der Waals surface area contributed by atoms with Crippen LogP contribution in [0.5, 0.6) is 0 Å². The van der Waals surface area contributed by atoms with Crippen molar-refractivity contribution < 1.29 is 18.9 Å². The average Bonchev–Trinajstić information content (AvgIpc) is 3.21. The van der Waals surface area contributed by atoms with E-state index in [0.717, 1.165) is 0 Å². The Morgan fingerprint density at radius 2 is 1.79 bits per heavy atom. The second-order valence-corrected chi connectivity index (χ2v) is 7.78. The van der Waals surface area contributed by atoms with Crippen LogP contribution in [0.2, 0.25) is 0 Å². The van der Waals surface area contributed by atoms with Gasteiger partial charge in [-0.2, -0.15) is 4.98 Å². The van der Waals surface area contributed by atoms with E-state index < -0.39 is 0 Å². The third-order valence-corrected chi connectivity index (χ3v) is 4.44. The number of fused-ring (bicyclic) bond motifs is 1. The van der Waals surface area contributed by atoms with E-state index in [9.17, 15) is 14.4 Å². The molecule has 2 aromatic rings. The Morgan fingerprint density at radius 3 is 2.36 bits per heavy atom. The summed E-state index contributed by atoms with van der Waals surface area (Å²) < 4.78 is 5.21. The van der Waals surface area contributed by atoms with E-state index in [1.165, 1.54) is 4.90 Å². The largest absolute Gasteiger partial charge is 0.356 e. The predicted molar refractivity (Wildman–Crippen MR) is 101 cm³/mol. The molecule has 0 bridgehead atoms. The van der Waals surface area contributed by atoms with Crippen molar-refractivity contribution >= 4 is 17.7 Å². The summed E-state index contributed by atoms with van der Waals surface area (Å²) in [5.41, 5.74) is 0.636. The Balaban J connectivity index is 1.39. The maximum Gasteiger partial charge on any atom is 0.261 e. The van der Waals surface area contributed by atoms with Crippen molar-refractivity contribution in [1.82, 2.24) is 20.4 Å². The van der Waals surface area contributed by atoms with Crippen molar-refractivity contribution in [2.24, 2.45) is 0 Å². The molecule has 3 rings (SSSR count). The monoisotopic (exact) mass is 384 g/mol. The molecule has 1 aliphatic heterocycles. The van der Waals surface area contributed by atoms with Gasteiger partial charge < -0.3 is 9.84 Å². The summed E-state index contributed by atoms with van der Waals surface area (Å²) in [5.74, 6) is 0.378. The quantitative estimate of drug-likeness (QED) is 0.733. The zero-order valence-corrected chi connectivity index (χ0v) is 16.3. The first-order valence-corrected chi connectivity index (χ1v) is 9.32. The summed E-state index contributed by atoms with van der Waals surface area (Å²) in [7, 11) is 0. The number of nitrogens with zero attached hydrogens (tertiary/aromatic N) is 3. The molecule has 8 heteroatoms. The summed E-state index contributed by atoms with van der Waals surface area (Å²) in [5, 5.41) is 6.71. The normalized spacial score (nSPS) is 13.8. The third-order valence-electron chi connectivity index (χ3n) is 4.44. The van der Waals surface area contributed by atoms with Crippen LogP contribution >= 0.6 is 0 Å². The van der Waals surface area contributed by atoms with Gasteiger partial charge in [-0.05, 0) is 18.6 Å². The molecule has 8 nitrogen and oxygen atoms in total. The Bertz CT molecular complexity index is 863. The van der Waals surface area contributed by atoms with Crippen molar-refractivity contribution in [3.05, 3.63) is 47.1 Å². The van der Waals surface area contributed by atoms with Gasteiger partial charge in [0.2, 0.25) is 11.8 Å². The van der Waals surface area contributed by atoms with Gasteiger partial charge in [-0.15, -0.1) is 0 Å². The number of benzene rings is 1. The van der Waals surface area contributed by atoms with Crippen molar-refractivity contribution in [3.8, 4) is 0 Å². The van der Waals surface area contributed by atoms with E-state index in [-0.39, 0.29) is 36.1 Å². The van der Waals surface area contributed by atoms with Crippen LogP contribution in [0, 0.1) is 0 Å². The first kappa shape index (κ1) is 19.7. The minimum atomic E-state index is -0.298. The van der Waals surface area contributed by atoms with E-state index >= 15 is 0 Å². The van der Waals surface area contributed by atoms with E-state index in [2.05, 4.69) is 15.5 Å². The van der Waals surface area contributed by atoms with Crippen LogP contribution in [0.1, 0.15) is 66.0 Å². The third kappa shape index (κ3) is 4.27. The highest BCUT2D eigenvalue weighted by Gasteiger charge is 2.34. The molecule has 0 atom stereocenters. The topological polar surface area (TPSA) is 105 Å². The van der Waals surface area contributed by atoms with Gasteiger partial charge in [0, 0.05) is 31.3 Å². The first-order valence-electron chi connectivity index (χ1n) is 9.32.